The summed E-state index contributed by atoms with van der Waals surface area (Å²) in [5.41, 5.74) is 5.93. The summed E-state index contributed by atoms with van der Waals surface area (Å²) in [7, 11) is -2.93. The van der Waals surface area contributed by atoms with Crippen LogP contribution in [0.1, 0.15) is 128 Å². The average molecular weight is 608 g/mol. The van der Waals surface area contributed by atoms with Crippen molar-refractivity contribution < 1.29 is 23.2 Å². The second-order valence-corrected chi connectivity index (χ2v) is 12.8. The number of aryl methyl sites for hydroxylation is 1. The maximum Gasteiger partial charge on any atom is 0.472 e. The largest absolute Gasteiger partial charge is 0.472 e. The Balaban J connectivity index is 1.51. The van der Waals surface area contributed by atoms with Crippen LogP contribution in [0.3, 0.4) is 0 Å². The summed E-state index contributed by atoms with van der Waals surface area (Å²) in [6, 6.07) is 5.73. The van der Waals surface area contributed by atoms with E-state index < -0.39 is 20.0 Å². The molecule has 0 aliphatic rings. The molecule has 0 aliphatic carbocycles. The van der Waals surface area contributed by atoms with Crippen molar-refractivity contribution in [3.8, 4) is 6.07 Å². The van der Waals surface area contributed by atoms with Gasteiger partial charge in [0.1, 0.15) is 24.5 Å². The second kappa shape index (κ2) is 20.8. The molecule has 0 saturated heterocycles. The van der Waals surface area contributed by atoms with Crippen LogP contribution in [0.15, 0.2) is 18.5 Å². The standard InChI is InChI=1S/C31H54N5O5P/c1-3-4-5-6-7-8-9-10-11-12-13-14-15-16-17-18-19-24-40-42(37,38)41-26-31(25-32,39-2)23-22-28-20-21-29-30(33)34-27-35-36(28)29/h20-21,27H,3-19,22-24,26H2,1-2H3,(H,37,38)(H2,33,34,35). The van der Waals surface area contributed by atoms with Gasteiger partial charge in [-0.1, -0.05) is 110 Å². The van der Waals surface area contributed by atoms with Crippen LogP contribution in [0.4, 0.5) is 5.82 Å². The Bertz CT molecular complexity index is 1090. The lowest BCUT2D eigenvalue weighted by molar-refractivity contribution is -0.0166. The summed E-state index contributed by atoms with van der Waals surface area (Å²) in [5.74, 6) is 0.357. The molecule has 0 fully saturated rings. The van der Waals surface area contributed by atoms with Crippen molar-refractivity contribution in [2.75, 3.05) is 26.1 Å². The van der Waals surface area contributed by atoms with Crippen LogP contribution in [0.5, 0.6) is 0 Å². The van der Waals surface area contributed by atoms with Gasteiger partial charge in [-0.05, 0) is 31.4 Å². The Kier molecular flexibility index (Phi) is 17.9. The summed E-state index contributed by atoms with van der Waals surface area (Å²) >= 11 is 0. The number of phosphoric ester groups is 1. The monoisotopic (exact) mass is 607 g/mol. The molecule has 238 valence electrons. The van der Waals surface area contributed by atoms with Crippen LogP contribution in [-0.2, 0) is 24.8 Å². The third-order valence-electron chi connectivity index (χ3n) is 7.90. The van der Waals surface area contributed by atoms with E-state index in [1.807, 2.05) is 6.07 Å². The summed E-state index contributed by atoms with van der Waals surface area (Å²) in [6.45, 7) is 2.01. The Morgan fingerprint density at radius 1 is 0.929 bits per heavy atom. The van der Waals surface area contributed by atoms with Crippen molar-refractivity contribution in [2.45, 2.75) is 135 Å². The molecule has 2 aromatic rings. The summed E-state index contributed by atoms with van der Waals surface area (Å²) < 4.78 is 29.8. The quantitative estimate of drug-likeness (QED) is 0.0804. The maximum absolute atomic E-state index is 12.4. The molecule has 0 bridgehead atoms. The molecule has 2 rings (SSSR count). The number of methoxy groups -OCH3 is 1. The number of ether oxygens (including phenoxy) is 1. The highest BCUT2D eigenvalue weighted by Crippen LogP contribution is 2.44. The third kappa shape index (κ3) is 14.0. The fourth-order valence-electron chi connectivity index (χ4n) is 5.12. The van der Waals surface area contributed by atoms with Gasteiger partial charge >= 0.3 is 7.82 Å². The zero-order valence-corrected chi connectivity index (χ0v) is 26.9. The first-order valence-corrected chi connectivity index (χ1v) is 17.5. The molecule has 3 N–H and O–H groups in total. The topological polar surface area (TPSA) is 145 Å². The van der Waals surface area contributed by atoms with Crippen LogP contribution >= 0.6 is 7.82 Å². The Morgan fingerprint density at radius 2 is 1.48 bits per heavy atom. The number of fused-ring (bicyclic) bond motifs is 1. The zero-order valence-electron chi connectivity index (χ0n) is 26.0. The summed E-state index contributed by atoms with van der Waals surface area (Å²) in [5, 5.41) is 14.0. The molecular weight excluding hydrogens is 553 g/mol. The molecule has 0 aromatic carbocycles. The van der Waals surface area contributed by atoms with E-state index in [2.05, 4.69) is 23.1 Å². The van der Waals surface area contributed by atoms with E-state index >= 15 is 0 Å². The van der Waals surface area contributed by atoms with Crippen molar-refractivity contribution in [1.82, 2.24) is 14.6 Å². The number of rotatable bonds is 26. The molecule has 0 spiro atoms. The normalized spacial score (nSPS) is 14.5. The number of phosphoric acid groups is 1. The fraction of sp³-hybridized carbons (Fsp3) is 0.774. The summed E-state index contributed by atoms with van der Waals surface area (Å²) in [4.78, 5) is 14.1. The average Bonchev–Trinajstić information content (AvgIpc) is 3.41. The molecule has 2 aromatic heterocycles. The SMILES string of the molecule is CCCCCCCCCCCCCCCCCCCOP(=O)(O)OCC(C#N)(CCc1ccc2c(N)ncnn12)OC. The van der Waals surface area contributed by atoms with Gasteiger partial charge in [-0.3, -0.25) is 9.05 Å². The first-order chi connectivity index (χ1) is 20.4. The van der Waals surface area contributed by atoms with Crippen LogP contribution in [0.2, 0.25) is 0 Å². The number of nitrogen functional groups attached to an aromatic ring is 1. The minimum Gasteiger partial charge on any atom is -0.382 e. The number of nitrogens with two attached hydrogens (primary N) is 1. The molecule has 2 heterocycles. The highest BCUT2D eigenvalue weighted by atomic mass is 31.2. The van der Waals surface area contributed by atoms with E-state index in [1.165, 1.54) is 103 Å². The highest BCUT2D eigenvalue weighted by molar-refractivity contribution is 7.47. The van der Waals surface area contributed by atoms with Crippen molar-refractivity contribution in [1.29, 1.82) is 5.26 Å². The molecule has 0 aliphatic heterocycles. The molecule has 2 unspecified atom stereocenters. The minimum absolute atomic E-state index is 0.135. The van der Waals surface area contributed by atoms with E-state index in [-0.39, 0.29) is 13.0 Å². The third-order valence-corrected chi connectivity index (χ3v) is 8.87. The van der Waals surface area contributed by atoms with E-state index in [0.717, 1.165) is 18.5 Å². The molecule has 11 heteroatoms. The van der Waals surface area contributed by atoms with E-state index in [9.17, 15) is 14.7 Å². The lowest BCUT2D eigenvalue weighted by Crippen LogP contribution is -2.35. The number of aromatic nitrogens is 3. The van der Waals surface area contributed by atoms with Crippen molar-refractivity contribution in [3.05, 3.63) is 24.2 Å². The van der Waals surface area contributed by atoms with Crippen molar-refractivity contribution in [3.63, 3.8) is 0 Å². The van der Waals surface area contributed by atoms with Gasteiger partial charge in [-0.2, -0.15) is 10.4 Å². The van der Waals surface area contributed by atoms with Gasteiger partial charge in [0.05, 0.1) is 6.61 Å². The number of unbranched alkanes of at least 4 members (excludes halogenated alkanes) is 16. The van der Waals surface area contributed by atoms with Gasteiger partial charge in [0, 0.05) is 12.8 Å². The Labute approximate surface area is 252 Å². The predicted molar refractivity (Wildman–Crippen MR) is 167 cm³/mol. The van der Waals surface area contributed by atoms with Gasteiger partial charge in [0.15, 0.2) is 11.4 Å². The van der Waals surface area contributed by atoms with Gasteiger partial charge in [0.25, 0.3) is 0 Å². The lowest BCUT2D eigenvalue weighted by atomic mass is 9.99. The first kappa shape index (κ1) is 36.2. The van der Waals surface area contributed by atoms with Crippen LogP contribution in [0, 0.1) is 11.3 Å². The molecule has 0 radical (unpaired) electrons. The second-order valence-electron chi connectivity index (χ2n) is 11.3. The Hall–Kier alpha value is -2.02. The molecule has 10 nitrogen and oxygen atoms in total. The molecule has 42 heavy (non-hydrogen) atoms. The molecule has 0 saturated carbocycles. The summed E-state index contributed by atoms with van der Waals surface area (Å²) in [6.07, 6.45) is 23.6. The van der Waals surface area contributed by atoms with Crippen LogP contribution in [-0.4, -0.2) is 45.4 Å². The number of hydrogen-bond donors (Lipinski definition) is 2. The van der Waals surface area contributed by atoms with Crippen LogP contribution in [0.25, 0.3) is 5.52 Å². The minimum atomic E-state index is -4.31. The molecular formula is C31H54N5O5P. The fourth-order valence-corrected chi connectivity index (χ4v) is 5.93. The van der Waals surface area contributed by atoms with Crippen LogP contribution < -0.4 is 5.73 Å². The first-order valence-electron chi connectivity index (χ1n) is 16.0. The lowest BCUT2D eigenvalue weighted by Gasteiger charge is -2.25. The maximum atomic E-state index is 12.4. The van der Waals surface area contributed by atoms with Gasteiger partial charge in [-0.15, -0.1) is 0 Å². The number of nitrogens with zero attached hydrogens (tertiary/aromatic N) is 4. The number of anilines is 1. The molecule has 0 amide bonds. The van der Waals surface area contributed by atoms with Gasteiger partial charge in [-0.25, -0.2) is 14.1 Å². The predicted octanol–water partition coefficient (Wildman–Crippen LogP) is 7.94. The van der Waals surface area contributed by atoms with Crippen molar-refractivity contribution in [2.24, 2.45) is 0 Å². The highest BCUT2D eigenvalue weighted by Gasteiger charge is 2.35. The van der Waals surface area contributed by atoms with E-state index in [1.54, 1.807) is 10.6 Å². The smallest absolute Gasteiger partial charge is 0.382 e. The van der Waals surface area contributed by atoms with Gasteiger partial charge < -0.3 is 15.4 Å². The number of hydrogen-bond acceptors (Lipinski definition) is 8. The Morgan fingerprint density at radius 3 is 2.00 bits per heavy atom. The zero-order chi connectivity index (χ0) is 30.5. The van der Waals surface area contributed by atoms with E-state index in [4.69, 9.17) is 19.5 Å². The van der Waals surface area contributed by atoms with E-state index in [0.29, 0.717) is 24.2 Å². The molecule has 2 atom stereocenters. The number of nitriles is 1. The van der Waals surface area contributed by atoms with Gasteiger partial charge in [0.2, 0.25) is 0 Å². The van der Waals surface area contributed by atoms with Crippen molar-refractivity contribution >= 4 is 19.2 Å².